The van der Waals surface area contributed by atoms with Gasteiger partial charge in [-0.15, -0.1) is 0 Å². The molecular formula is C24H34O. The van der Waals surface area contributed by atoms with Gasteiger partial charge >= 0.3 is 0 Å². The number of hydrogen-bond acceptors (Lipinski definition) is 1. The fourth-order valence-electron chi connectivity index (χ4n) is 3.28. The maximum Gasteiger partial charge on any atom is 0.0761 e. The van der Waals surface area contributed by atoms with Crippen molar-refractivity contribution >= 4 is 0 Å². The van der Waals surface area contributed by atoms with Gasteiger partial charge in [0, 0.05) is 0 Å². The van der Waals surface area contributed by atoms with Gasteiger partial charge in [-0.05, 0) is 42.0 Å². The number of aliphatic hydroxyl groups is 1. The van der Waals surface area contributed by atoms with E-state index in [4.69, 9.17) is 0 Å². The van der Waals surface area contributed by atoms with Crippen molar-refractivity contribution in [3.05, 3.63) is 59.7 Å². The van der Waals surface area contributed by atoms with E-state index in [9.17, 15) is 5.11 Å². The SMILES string of the molecule is CCCCCCCCCCc1ccc(-c2ccc(C(C)O)cc2)cc1. The van der Waals surface area contributed by atoms with E-state index in [-0.39, 0.29) is 0 Å². The normalized spacial score (nSPS) is 12.3. The molecule has 0 bridgehead atoms. The van der Waals surface area contributed by atoms with Crippen molar-refractivity contribution in [1.82, 2.24) is 0 Å². The fourth-order valence-corrected chi connectivity index (χ4v) is 3.28. The summed E-state index contributed by atoms with van der Waals surface area (Å²) in [5.41, 5.74) is 4.87. The maximum absolute atomic E-state index is 9.60. The standard InChI is InChI=1S/C24H34O/c1-3-4-5-6-7-8-9-10-11-21-12-14-23(15-13-21)24-18-16-22(17-19-24)20(2)25/h12-20,25H,3-11H2,1-2H3. The maximum atomic E-state index is 9.60. The summed E-state index contributed by atoms with van der Waals surface area (Å²) in [6.45, 7) is 4.07. The summed E-state index contributed by atoms with van der Waals surface area (Å²) in [5, 5.41) is 9.60. The summed E-state index contributed by atoms with van der Waals surface area (Å²) in [5.74, 6) is 0. The molecule has 25 heavy (non-hydrogen) atoms. The molecule has 0 amide bonds. The molecule has 2 aromatic carbocycles. The van der Waals surface area contributed by atoms with Gasteiger partial charge < -0.3 is 5.11 Å². The van der Waals surface area contributed by atoms with Crippen molar-refractivity contribution in [2.45, 2.75) is 77.7 Å². The second kappa shape index (κ2) is 11.1. The minimum Gasteiger partial charge on any atom is -0.389 e. The Bertz CT molecular complexity index is 580. The van der Waals surface area contributed by atoms with Gasteiger partial charge in [0.25, 0.3) is 0 Å². The van der Waals surface area contributed by atoms with Crippen LogP contribution in [-0.2, 0) is 6.42 Å². The first kappa shape index (κ1) is 19.7. The molecule has 0 saturated carbocycles. The molecule has 0 aliphatic carbocycles. The number of aliphatic hydroxyl groups excluding tert-OH is 1. The molecule has 1 nitrogen and oxygen atoms in total. The van der Waals surface area contributed by atoms with Crippen molar-refractivity contribution in [3.8, 4) is 11.1 Å². The molecule has 0 heterocycles. The summed E-state index contributed by atoms with van der Waals surface area (Å²) in [6.07, 6.45) is 11.8. The monoisotopic (exact) mass is 338 g/mol. The van der Waals surface area contributed by atoms with E-state index in [1.165, 1.54) is 74.5 Å². The molecule has 2 rings (SSSR count). The topological polar surface area (TPSA) is 20.2 Å². The highest BCUT2D eigenvalue weighted by atomic mass is 16.3. The molecule has 1 heteroatoms. The van der Waals surface area contributed by atoms with Gasteiger partial charge in [-0.2, -0.15) is 0 Å². The largest absolute Gasteiger partial charge is 0.389 e. The van der Waals surface area contributed by atoms with Crippen LogP contribution in [0.2, 0.25) is 0 Å². The summed E-state index contributed by atoms with van der Waals surface area (Å²) < 4.78 is 0. The van der Waals surface area contributed by atoms with Gasteiger partial charge in [-0.25, -0.2) is 0 Å². The number of benzene rings is 2. The van der Waals surface area contributed by atoms with E-state index >= 15 is 0 Å². The molecule has 0 saturated heterocycles. The lowest BCUT2D eigenvalue weighted by molar-refractivity contribution is 0.199. The third-order valence-corrected chi connectivity index (χ3v) is 5.00. The van der Waals surface area contributed by atoms with Crippen molar-refractivity contribution in [1.29, 1.82) is 0 Å². The molecule has 1 unspecified atom stereocenters. The Morgan fingerprint density at radius 3 is 1.68 bits per heavy atom. The molecule has 1 N–H and O–H groups in total. The van der Waals surface area contributed by atoms with Crippen LogP contribution >= 0.6 is 0 Å². The highest BCUT2D eigenvalue weighted by molar-refractivity contribution is 5.64. The van der Waals surface area contributed by atoms with E-state index in [1.807, 2.05) is 12.1 Å². The minimum atomic E-state index is -0.400. The lowest BCUT2D eigenvalue weighted by Gasteiger charge is -2.08. The molecule has 136 valence electrons. The Morgan fingerprint density at radius 1 is 0.680 bits per heavy atom. The Kier molecular flexibility index (Phi) is 8.76. The van der Waals surface area contributed by atoms with E-state index < -0.39 is 6.10 Å². The van der Waals surface area contributed by atoms with Crippen LogP contribution in [0, 0.1) is 0 Å². The second-order valence-corrected chi connectivity index (χ2v) is 7.22. The molecule has 0 radical (unpaired) electrons. The quantitative estimate of drug-likeness (QED) is 0.434. The van der Waals surface area contributed by atoms with Gasteiger partial charge in [-0.3, -0.25) is 0 Å². The lowest BCUT2D eigenvalue weighted by atomic mass is 9.99. The van der Waals surface area contributed by atoms with Crippen LogP contribution in [0.25, 0.3) is 11.1 Å². The van der Waals surface area contributed by atoms with Gasteiger partial charge in [0.2, 0.25) is 0 Å². The zero-order valence-electron chi connectivity index (χ0n) is 16.0. The molecule has 1 atom stereocenters. The van der Waals surface area contributed by atoms with Gasteiger partial charge in [0.05, 0.1) is 6.10 Å². The van der Waals surface area contributed by atoms with Crippen molar-refractivity contribution < 1.29 is 5.11 Å². The van der Waals surface area contributed by atoms with Crippen LogP contribution in [0.15, 0.2) is 48.5 Å². The average Bonchev–Trinajstić information content (AvgIpc) is 2.64. The Morgan fingerprint density at radius 2 is 1.16 bits per heavy atom. The number of unbranched alkanes of at least 4 members (excludes halogenated alkanes) is 7. The fraction of sp³-hybridized carbons (Fsp3) is 0.500. The average molecular weight is 339 g/mol. The lowest BCUT2D eigenvalue weighted by Crippen LogP contribution is -1.90. The predicted molar refractivity (Wildman–Crippen MR) is 109 cm³/mol. The smallest absolute Gasteiger partial charge is 0.0761 e. The zero-order valence-corrected chi connectivity index (χ0v) is 16.0. The Balaban J connectivity index is 1.72. The third-order valence-electron chi connectivity index (χ3n) is 5.00. The number of hydrogen-bond donors (Lipinski definition) is 1. The minimum absolute atomic E-state index is 0.400. The van der Waals surface area contributed by atoms with Crippen molar-refractivity contribution in [3.63, 3.8) is 0 Å². The van der Waals surface area contributed by atoms with Crippen molar-refractivity contribution in [2.24, 2.45) is 0 Å². The van der Waals surface area contributed by atoms with Gasteiger partial charge in [-0.1, -0.05) is 100 Å². The van der Waals surface area contributed by atoms with E-state index in [0.29, 0.717) is 0 Å². The number of rotatable bonds is 11. The van der Waals surface area contributed by atoms with E-state index in [2.05, 4.69) is 43.3 Å². The molecule has 0 aliphatic heterocycles. The highest BCUT2D eigenvalue weighted by Crippen LogP contribution is 2.23. The first-order valence-corrected chi connectivity index (χ1v) is 10.1. The van der Waals surface area contributed by atoms with Gasteiger partial charge in [0.15, 0.2) is 0 Å². The number of aryl methyl sites for hydroxylation is 1. The summed E-state index contributed by atoms with van der Waals surface area (Å²) in [6, 6.07) is 17.2. The van der Waals surface area contributed by atoms with Crippen LogP contribution in [0.3, 0.4) is 0 Å². The van der Waals surface area contributed by atoms with Crippen LogP contribution in [0.1, 0.15) is 82.4 Å². The Labute approximate surface area is 154 Å². The predicted octanol–water partition coefficient (Wildman–Crippen LogP) is 7.09. The molecule has 2 aromatic rings. The molecule has 0 aromatic heterocycles. The van der Waals surface area contributed by atoms with Crippen LogP contribution < -0.4 is 0 Å². The van der Waals surface area contributed by atoms with E-state index in [1.54, 1.807) is 6.92 Å². The molecule has 0 aliphatic rings. The Hall–Kier alpha value is -1.60. The third kappa shape index (κ3) is 7.04. The first-order chi connectivity index (χ1) is 12.2. The van der Waals surface area contributed by atoms with Crippen LogP contribution in [0.5, 0.6) is 0 Å². The zero-order chi connectivity index (χ0) is 17.9. The first-order valence-electron chi connectivity index (χ1n) is 10.1. The van der Waals surface area contributed by atoms with Crippen LogP contribution in [0.4, 0.5) is 0 Å². The molecule has 0 spiro atoms. The van der Waals surface area contributed by atoms with Gasteiger partial charge in [0.1, 0.15) is 0 Å². The summed E-state index contributed by atoms with van der Waals surface area (Å²) >= 11 is 0. The molecular weight excluding hydrogens is 304 g/mol. The van der Waals surface area contributed by atoms with Crippen LogP contribution in [-0.4, -0.2) is 5.11 Å². The second-order valence-electron chi connectivity index (χ2n) is 7.22. The molecule has 0 fully saturated rings. The van der Waals surface area contributed by atoms with Crippen molar-refractivity contribution in [2.75, 3.05) is 0 Å². The van der Waals surface area contributed by atoms with E-state index in [0.717, 1.165) is 5.56 Å². The highest BCUT2D eigenvalue weighted by Gasteiger charge is 2.02. The summed E-state index contributed by atoms with van der Waals surface area (Å²) in [7, 11) is 0. The summed E-state index contributed by atoms with van der Waals surface area (Å²) in [4.78, 5) is 0.